The number of non-ortho nitro benzene ring substituents is 1. The lowest BCUT2D eigenvalue weighted by molar-refractivity contribution is -0.384. The summed E-state index contributed by atoms with van der Waals surface area (Å²) in [5.41, 5.74) is 1.19. The topological polar surface area (TPSA) is 76.6 Å². The molecule has 1 fully saturated rings. The van der Waals surface area contributed by atoms with Gasteiger partial charge in [-0.3, -0.25) is 19.8 Å². The van der Waals surface area contributed by atoms with Crippen molar-refractivity contribution >= 4 is 63.3 Å². The maximum absolute atomic E-state index is 12.8. The normalized spacial score (nSPS) is 15.3. The van der Waals surface area contributed by atoms with E-state index in [4.69, 9.17) is 28.2 Å². The Kier molecular flexibility index (Phi) is 5.23. The van der Waals surface area contributed by atoms with Crippen molar-refractivity contribution in [3.8, 4) is 11.3 Å². The van der Waals surface area contributed by atoms with Gasteiger partial charge < -0.3 is 4.42 Å². The van der Waals surface area contributed by atoms with E-state index in [0.29, 0.717) is 37.0 Å². The monoisotopic (exact) mass is 442 g/mol. The van der Waals surface area contributed by atoms with Crippen molar-refractivity contribution < 1.29 is 14.1 Å². The van der Waals surface area contributed by atoms with Gasteiger partial charge in [0, 0.05) is 28.8 Å². The number of nitro benzene ring substituents is 1. The Morgan fingerprint density at radius 2 is 1.90 bits per heavy atom. The third kappa shape index (κ3) is 3.95. The van der Waals surface area contributed by atoms with Crippen molar-refractivity contribution in [3.05, 3.63) is 86.5 Å². The zero-order valence-electron chi connectivity index (χ0n) is 14.6. The molecule has 0 saturated carbocycles. The Labute approximate surface area is 179 Å². The minimum atomic E-state index is -0.463. The number of hydrogen-bond donors (Lipinski definition) is 0. The van der Waals surface area contributed by atoms with Crippen molar-refractivity contribution in [2.24, 2.45) is 0 Å². The predicted octanol–water partition coefficient (Wildman–Crippen LogP) is 5.91. The Hall–Kier alpha value is -2.94. The number of thiocarbonyl (C=S) groups is 1. The van der Waals surface area contributed by atoms with E-state index in [1.807, 2.05) is 0 Å². The lowest BCUT2D eigenvalue weighted by atomic mass is 10.1. The molecule has 0 atom stereocenters. The average molecular weight is 443 g/mol. The van der Waals surface area contributed by atoms with E-state index in [0.717, 1.165) is 0 Å². The molecular formula is C20H11ClN2O4S2. The largest absolute Gasteiger partial charge is 0.457 e. The van der Waals surface area contributed by atoms with Gasteiger partial charge in [-0.25, -0.2) is 0 Å². The highest BCUT2D eigenvalue weighted by atomic mass is 35.5. The summed E-state index contributed by atoms with van der Waals surface area (Å²) in [4.78, 5) is 25.2. The molecule has 1 aliphatic rings. The third-order valence-electron chi connectivity index (χ3n) is 4.12. The molecule has 3 aromatic rings. The van der Waals surface area contributed by atoms with Crippen molar-refractivity contribution in [3.63, 3.8) is 0 Å². The summed E-state index contributed by atoms with van der Waals surface area (Å²) in [6, 6.07) is 16.4. The fourth-order valence-electron chi connectivity index (χ4n) is 2.77. The van der Waals surface area contributed by atoms with Crippen LogP contribution in [0.1, 0.15) is 5.76 Å². The van der Waals surface area contributed by atoms with Gasteiger partial charge in [-0.1, -0.05) is 47.7 Å². The first-order chi connectivity index (χ1) is 13.9. The first-order valence-electron chi connectivity index (χ1n) is 8.30. The number of halogens is 1. The van der Waals surface area contributed by atoms with Crippen molar-refractivity contribution in [2.45, 2.75) is 0 Å². The predicted molar refractivity (Wildman–Crippen MR) is 118 cm³/mol. The van der Waals surface area contributed by atoms with Gasteiger partial charge in [0.15, 0.2) is 4.32 Å². The molecule has 0 spiro atoms. The quantitative estimate of drug-likeness (QED) is 0.216. The molecule has 6 nitrogen and oxygen atoms in total. The molecule has 0 bridgehead atoms. The van der Waals surface area contributed by atoms with E-state index in [1.165, 1.54) is 28.8 Å². The molecule has 1 saturated heterocycles. The van der Waals surface area contributed by atoms with Crippen LogP contribution in [0, 0.1) is 10.1 Å². The molecule has 1 amide bonds. The van der Waals surface area contributed by atoms with Gasteiger partial charge in [0.1, 0.15) is 11.5 Å². The molecule has 1 aromatic heterocycles. The van der Waals surface area contributed by atoms with Crippen LogP contribution in [0.5, 0.6) is 0 Å². The molecule has 4 rings (SSSR count). The van der Waals surface area contributed by atoms with Crippen molar-refractivity contribution in [2.75, 3.05) is 4.90 Å². The highest BCUT2D eigenvalue weighted by Gasteiger charge is 2.33. The Balaban J connectivity index is 1.60. The van der Waals surface area contributed by atoms with Crippen LogP contribution in [0.3, 0.4) is 0 Å². The van der Waals surface area contributed by atoms with Crippen LogP contribution in [0.15, 0.2) is 70.0 Å². The number of nitrogens with zero attached hydrogens (tertiary/aromatic N) is 2. The van der Waals surface area contributed by atoms with Crippen LogP contribution in [0.25, 0.3) is 17.4 Å². The van der Waals surface area contributed by atoms with E-state index >= 15 is 0 Å². The molecule has 2 heterocycles. The SMILES string of the molecule is O=C1/C(=C\c2ccc(-c3cccc([N+](=O)[O-])c3)o2)SC(=S)N1c1ccc(Cl)cc1. The summed E-state index contributed by atoms with van der Waals surface area (Å²) < 4.78 is 6.17. The number of furan rings is 1. The van der Waals surface area contributed by atoms with E-state index in [9.17, 15) is 14.9 Å². The molecule has 2 aromatic carbocycles. The first kappa shape index (κ1) is 19.4. The molecule has 1 aliphatic heterocycles. The number of amides is 1. The average Bonchev–Trinajstić information content (AvgIpc) is 3.28. The summed E-state index contributed by atoms with van der Waals surface area (Å²) in [6.45, 7) is 0. The zero-order chi connectivity index (χ0) is 20.5. The summed E-state index contributed by atoms with van der Waals surface area (Å²) in [7, 11) is 0. The summed E-state index contributed by atoms with van der Waals surface area (Å²) in [6.07, 6.45) is 1.61. The maximum Gasteiger partial charge on any atom is 0.270 e. The summed E-state index contributed by atoms with van der Waals surface area (Å²) in [5.74, 6) is 0.659. The van der Waals surface area contributed by atoms with E-state index in [-0.39, 0.29) is 11.6 Å². The zero-order valence-corrected chi connectivity index (χ0v) is 17.0. The van der Waals surface area contributed by atoms with Crippen molar-refractivity contribution in [1.82, 2.24) is 0 Å². The van der Waals surface area contributed by atoms with Crippen LogP contribution >= 0.6 is 35.6 Å². The van der Waals surface area contributed by atoms with Gasteiger partial charge in [-0.2, -0.15) is 0 Å². The number of rotatable bonds is 4. The van der Waals surface area contributed by atoms with Crippen LogP contribution in [-0.4, -0.2) is 15.2 Å². The fraction of sp³-hybridized carbons (Fsp3) is 0. The molecule has 0 N–H and O–H groups in total. The molecule has 0 aliphatic carbocycles. The number of thioether (sulfide) groups is 1. The van der Waals surface area contributed by atoms with Gasteiger partial charge in [0.2, 0.25) is 0 Å². The second-order valence-electron chi connectivity index (χ2n) is 6.00. The molecule has 144 valence electrons. The summed E-state index contributed by atoms with van der Waals surface area (Å²) in [5, 5.41) is 11.5. The van der Waals surface area contributed by atoms with Crippen molar-refractivity contribution in [1.29, 1.82) is 0 Å². The Morgan fingerprint density at radius 1 is 1.14 bits per heavy atom. The smallest absolute Gasteiger partial charge is 0.270 e. The highest BCUT2D eigenvalue weighted by Crippen LogP contribution is 2.37. The standard InChI is InChI=1S/C20H11ClN2O4S2/c21-13-4-6-14(7-5-13)22-19(24)18(29-20(22)28)11-16-8-9-17(27-16)12-2-1-3-15(10-12)23(25)26/h1-11H/b18-11+. The Bertz CT molecular complexity index is 1170. The van der Waals surface area contributed by atoms with Gasteiger partial charge >= 0.3 is 0 Å². The Morgan fingerprint density at radius 3 is 2.62 bits per heavy atom. The molecule has 0 radical (unpaired) electrons. The fourth-order valence-corrected chi connectivity index (χ4v) is 4.17. The van der Waals surface area contributed by atoms with Gasteiger partial charge in [-0.05, 0) is 36.4 Å². The number of carbonyl (C=O) groups is 1. The minimum Gasteiger partial charge on any atom is -0.457 e. The lowest BCUT2D eigenvalue weighted by Crippen LogP contribution is -2.27. The van der Waals surface area contributed by atoms with Gasteiger partial charge in [0.05, 0.1) is 15.5 Å². The number of carbonyl (C=O) groups excluding carboxylic acids is 1. The highest BCUT2D eigenvalue weighted by molar-refractivity contribution is 8.27. The van der Waals surface area contributed by atoms with E-state index in [2.05, 4.69) is 0 Å². The maximum atomic E-state index is 12.8. The molecule has 29 heavy (non-hydrogen) atoms. The summed E-state index contributed by atoms with van der Waals surface area (Å²) >= 11 is 12.4. The van der Waals surface area contributed by atoms with Crippen LogP contribution in [-0.2, 0) is 4.79 Å². The lowest BCUT2D eigenvalue weighted by Gasteiger charge is -2.14. The molecular weight excluding hydrogens is 432 g/mol. The minimum absolute atomic E-state index is 0.0238. The third-order valence-corrected chi connectivity index (χ3v) is 5.67. The van der Waals surface area contributed by atoms with E-state index < -0.39 is 4.92 Å². The van der Waals surface area contributed by atoms with Crippen LogP contribution < -0.4 is 4.90 Å². The number of benzene rings is 2. The van der Waals surface area contributed by atoms with E-state index in [1.54, 1.807) is 54.6 Å². The molecule has 9 heteroatoms. The number of nitro groups is 1. The van der Waals surface area contributed by atoms with Gasteiger partial charge in [0.25, 0.3) is 11.6 Å². The second-order valence-corrected chi connectivity index (χ2v) is 8.12. The second kappa shape index (κ2) is 7.82. The van der Waals surface area contributed by atoms with Gasteiger partial charge in [-0.15, -0.1) is 0 Å². The van der Waals surface area contributed by atoms with Crippen LogP contribution in [0.4, 0.5) is 11.4 Å². The number of anilines is 1. The first-order valence-corrected chi connectivity index (χ1v) is 9.91. The number of hydrogen-bond acceptors (Lipinski definition) is 6. The molecule has 0 unspecified atom stereocenters. The van der Waals surface area contributed by atoms with Crippen LogP contribution in [0.2, 0.25) is 5.02 Å².